The quantitative estimate of drug-likeness (QED) is 0.339. The van der Waals surface area contributed by atoms with Crippen molar-refractivity contribution in [2.45, 2.75) is 25.8 Å². The summed E-state index contributed by atoms with van der Waals surface area (Å²) in [5.41, 5.74) is 8.96. The van der Waals surface area contributed by atoms with E-state index >= 15 is 0 Å². The first-order valence-electron chi connectivity index (χ1n) is 9.46. The molecular formula is C20H30N7+2. The number of anilines is 3. The van der Waals surface area contributed by atoms with E-state index in [0.29, 0.717) is 0 Å². The fourth-order valence-corrected chi connectivity index (χ4v) is 3.05. The number of amidine groups is 1. The molecule has 1 aliphatic heterocycles. The van der Waals surface area contributed by atoms with Crippen molar-refractivity contribution >= 4 is 22.9 Å². The maximum absolute atomic E-state index is 6.11. The van der Waals surface area contributed by atoms with Gasteiger partial charge in [-0.15, -0.1) is 0 Å². The van der Waals surface area contributed by atoms with E-state index in [2.05, 4.69) is 54.4 Å². The van der Waals surface area contributed by atoms with Crippen LogP contribution in [0.3, 0.4) is 0 Å². The summed E-state index contributed by atoms with van der Waals surface area (Å²) < 4.78 is 4.25. The minimum Gasteiger partial charge on any atom is -0.397 e. The molecule has 0 aliphatic carbocycles. The van der Waals surface area contributed by atoms with Gasteiger partial charge < -0.3 is 16.4 Å². The zero-order valence-electron chi connectivity index (χ0n) is 16.2. The van der Waals surface area contributed by atoms with Gasteiger partial charge in [0, 0.05) is 25.2 Å². The second kappa shape index (κ2) is 9.12. The Balaban J connectivity index is 1.40. The average molecular weight is 369 g/mol. The second-order valence-corrected chi connectivity index (χ2v) is 6.88. The minimum atomic E-state index is 0.775. The van der Waals surface area contributed by atoms with Gasteiger partial charge in [-0.1, -0.05) is 4.99 Å². The Labute approximate surface area is 161 Å². The van der Waals surface area contributed by atoms with Gasteiger partial charge in [0.05, 0.1) is 38.4 Å². The number of aliphatic imine (C=N–C) groups is 1. The lowest BCUT2D eigenvalue weighted by molar-refractivity contribution is -0.671. The number of rotatable bonds is 10. The number of nitrogen functional groups attached to an aromatic ring is 1. The summed E-state index contributed by atoms with van der Waals surface area (Å²) in [7, 11) is 4.06. The third kappa shape index (κ3) is 5.51. The molecule has 0 saturated heterocycles. The smallest absolute Gasteiger partial charge is 0.298 e. The van der Waals surface area contributed by atoms with Crippen LogP contribution in [0.2, 0.25) is 0 Å². The van der Waals surface area contributed by atoms with Crippen LogP contribution < -0.4 is 25.9 Å². The van der Waals surface area contributed by atoms with E-state index in [1.807, 2.05) is 38.6 Å². The number of nitrogens with zero attached hydrogens (tertiary/aromatic N) is 4. The molecule has 7 nitrogen and oxygen atoms in total. The topological polar surface area (TPSA) is 76.2 Å². The standard InChI is InChI=1S/C20H30N7/c1-25-13-14-27(16-25)11-4-9-22-17-6-7-18(21)19(15-17)23-8-3-5-20-24-10-12-26(20)2/h6-7,10,12-16,22-23H,3-5,8-9,11,21H2,1-2H3/q+2. The first kappa shape index (κ1) is 18.8. The number of nitrogens with two attached hydrogens (primary N) is 1. The van der Waals surface area contributed by atoms with Crippen molar-refractivity contribution in [2.24, 2.45) is 7.05 Å². The Hall–Kier alpha value is -2.96. The van der Waals surface area contributed by atoms with Crippen molar-refractivity contribution in [2.75, 3.05) is 36.5 Å². The van der Waals surface area contributed by atoms with Crippen LogP contribution in [0.15, 0.2) is 49.3 Å². The lowest BCUT2D eigenvalue weighted by atomic mass is 10.2. The van der Waals surface area contributed by atoms with Gasteiger partial charge in [0.1, 0.15) is 18.6 Å². The van der Waals surface area contributed by atoms with Gasteiger partial charge in [0.15, 0.2) is 6.20 Å². The zero-order valence-corrected chi connectivity index (χ0v) is 16.2. The number of aryl methyl sites for hydroxylation is 2. The maximum Gasteiger partial charge on any atom is 0.298 e. The zero-order chi connectivity index (χ0) is 19.1. The maximum atomic E-state index is 6.11. The van der Waals surface area contributed by atoms with Gasteiger partial charge in [0.25, 0.3) is 5.84 Å². The van der Waals surface area contributed by atoms with E-state index in [0.717, 1.165) is 61.8 Å². The third-order valence-electron chi connectivity index (χ3n) is 4.61. The third-order valence-corrected chi connectivity index (χ3v) is 4.61. The predicted molar refractivity (Wildman–Crippen MR) is 111 cm³/mol. The van der Waals surface area contributed by atoms with Crippen LogP contribution in [-0.2, 0) is 13.6 Å². The summed E-state index contributed by atoms with van der Waals surface area (Å²) in [5, 5.41) is 6.93. The Morgan fingerprint density at radius 1 is 1.19 bits per heavy atom. The van der Waals surface area contributed by atoms with E-state index in [9.17, 15) is 0 Å². The Morgan fingerprint density at radius 3 is 2.78 bits per heavy atom. The Bertz CT molecular complexity index is 806. The van der Waals surface area contributed by atoms with Crippen molar-refractivity contribution in [3.8, 4) is 0 Å². The molecule has 0 atom stereocenters. The summed E-state index contributed by atoms with van der Waals surface area (Å²) in [6.45, 7) is 2.79. The van der Waals surface area contributed by atoms with Gasteiger partial charge >= 0.3 is 0 Å². The molecule has 27 heavy (non-hydrogen) atoms. The molecule has 7 heteroatoms. The fraction of sp³-hybridized carbons (Fsp3) is 0.400. The molecule has 0 bridgehead atoms. The molecule has 0 unspecified atom stereocenters. The monoisotopic (exact) mass is 368 g/mol. The molecule has 2 aromatic rings. The summed E-state index contributed by atoms with van der Waals surface area (Å²) in [6.07, 6.45) is 13.1. The highest BCUT2D eigenvalue weighted by molar-refractivity contribution is 5.83. The normalized spacial score (nSPS) is 13.1. The van der Waals surface area contributed by atoms with Crippen molar-refractivity contribution in [1.29, 1.82) is 0 Å². The van der Waals surface area contributed by atoms with Crippen molar-refractivity contribution in [3.05, 3.63) is 49.3 Å². The number of benzene rings is 1. The number of nitrogens with one attached hydrogen (secondary N) is 2. The molecule has 1 aliphatic rings. The molecule has 1 aromatic carbocycles. The van der Waals surface area contributed by atoms with Gasteiger partial charge in [-0.3, -0.25) is 0 Å². The first-order valence-corrected chi connectivity index (χ1v) is 9.46. The second-order valence-electron chi connectivity index (χ2n) is 6.88. The Morgan fingerprint density at radius 2 is 2.04 bits per heavy atom. The van der Waals surface area contributed by atoms with E-state index in [1.54, 1.807) is 0 Å². The minimum absolute atomic E-state index is 0.775. The van der Waals surface area contributed by atoms with Gasteiger partial charge in [-0.2, -0.15) is 0 Å². The summed E-state index contributed by atoms with van der Waals surface area (Å²) >= 11 is 0. The molecule has 0 spiro atoms. The van der Waals surface area contributed by atoms with E-state index in [1.165, 1.54) is 0 Å². The lowest BCUT2D eigenvalue weighted by Gasteiger charge is -2.12. The largest absolute Gasteiger partial charge is 0.397 e. The van der Waals surface area contributed by atoms with Crippen molar-refractivity contribution < 1.29 is 4.57 Å². The highest BCUT2D eigenvalue weighted by Crippen LogP contribution is 2.23. The number of imidazole rings is 1. The highest BCUT2D eigenvalue weighted by Gasteiger charge is 2.17. The summed E-state index contributed by atoms with van der Waals surface area (Å²) in [5.74, 6) is 1.11. The van der Waals surface area contributed by atoms with Crippen LogP contribution in [0.4, 0.5) is 17.1 Å². The molecule has 1 aromatic heterocycles. The number of hydrogen-bond donors (Lipinski definition) is 3. The number of aromatic nitrogens is 2. The Kier molecular flexibility index (Phi) is 6.35. The van der Waals surface area contributed by atoms with E-state index in [4.69, 9.17) is 5.73 Å². The van der Waals surface area contributed by atoms with Crippen LogP contribution >= 0.6 is 0 Å². The average Bonchev–Trinajstić information content (AvgIpc) is 3.26. The first-order chi connectivity index (χ1) is 13.1. The molecular weight excluding hydrogens is 338 g/mol. The van der Waals surface area contributed by atoms with E-state index in [-0.39, 0.29) is 0 Å². The molecule has 0 amide bonds. The van der Waals surface area contributed by atoms with Gasteiger partial charge in [-0.25, -0.2) is 14.0 Å². The SMILES string of the molecule is CN1C=C[N+]=C1CCCNc1cc(NCCCn2cc[n+](C)c2)ccc1N. The van der Waals surface area contributed by atoms with Crippen molar-refractivity contribution in [1.82, 2.24) is 14.5 Å². The number of hydrogen-bond acceptors (Lipinski definition) is 5. The van der Waals surface area contributed by atoms with E-state index < -0.39 is 0 Å². The fourth-order valence-electron chi connectivity index (χ4n) is 3.05. The van der Waals surface area contributed by atoms with Crippen LogP contribution in [0.25, 0.3) is 0 Å². The summed E-state index contributed by atoms with van der Waals surface area (Å²) in [6, 6.07) is 6.07. The van der Waals surface area contributed by atoms with Crippen LogP contribution in [0.5, 0.6) is 0 Å². The molecule has 4 N–H and O–H groups in total. The highest BCUT2D eigenvalue weighted by atomic mass is 15.2. The molecule has 3 rings (SSSR count). The van der Waals surface area contributed by atoms with Crippen LogP contribution in [-0.4, -0.2) is 35.4 Å². The van der Waals surface area contributed by atoms with Gasteiger partial charge in [-0.05, 0) is 24.6 Å². The van der Waals surface area contributed by atoms with Crippen LogP contribution in [0, 0.1) is 0 Å². The van der Waals surface area contributed by atoms with Gasteiger partial charge in [0.2, 0.25) is 6.33 Å². The molecule has 143 valence electrons. The van der Waals surface area contributed by atoms with Crippen LogP contribution in [0.1, 0.15) is 19.3 Å². The lowest BCUT2D eigenvalue weighted by Crippen LogP contribution is -2.23. The molecule has 0 fully saturated rings. The predicted octanol–water partition coefficient (Wildman–Crippen LogP) is 1.74. The van der Waals surface area contributed by atoms with Crippen molar-refractivity contribution in [3.63, 3.8) is 0 Å². The molecule has 2 heterocycles. The molecule has 0 saturated carbocycles. The summed E-state index contributed by atoms with van der Waals surface area (Å²) in [4.78, 5) is 6.42. The molecule has 1 radical (unpaired) electrons.